The summed E-state index contributed by atoms with van der Waals surface area (Å²) in [6.45, 7) is 8.47. The van der Waals surface area contributed by atoms with Crippen LogP contribution in [0.25, 0.3) is 43.7 Å². The lowest BCUT2D eigenvalue weighted by Crippen LogP contribution is -2.39. The van der Waals surface area contributed by atoms with Crippen LogP contribution in [0.3, 0.4) is 0 Å². The van der Waals surface area contributed by atoms with Gasteiger partial charge in [-0.05, 0) is 73.5 Å². The summed E-state index contributed by atoms with van der Waals surface area (Å²) in [5.41, 5.74) is 8.67. The van der Waals surface area contributed by atoms with Gasteiger partial charge in [0.15, 0.2) is 0 Å². The Kier molecular flexibility index (Phi) is 5.29. The van der Waals surface area contributed by atoms with Crippen LogP contribution in [0.2, 0.25) is 0 Å². The largest absolute Gasteiger partial charge is 0.333 e. The number of allylic oxidation sites excluding steroid dienone is 4. The molecule has 1 aliphatic heterocycles. The number of anilines is 2. The summed E-state index contributed by atoms with van der Waals surface area (Å²) in [5.74, 6) is 0. The van der Waals surface area contributed by atoms with Gasteiger partial charge in [0.05, 0.1) is 17.1 Å². The average molecular weight is 547 g/mol. The number of aromatic nitrogens is 1. The highest BCUT2D eigenvalue weighted by molar-refractivity contribution is 7.19. The van der Waals surface area contributed by atoms with Crippen LogP contribution in [0.4, 0.5) is 11.4 Å². The number of thiophene rings is 1. The molecule has 6 aromatic rings. The fraction of sp³-hybridized carbons (Fsp3) is 0.105. The monoisotopic (exact) mass is 546 g/mol. The van der Waals surface area contributed by atoms with Gasteiger partial charge in [0.25, 0.3) is 0 Å². The molecule has 2 unspecified atom stereocenters. The second kappa shape index (κ2) is 8.95. The summed E-state index contributed by atoms with van der Waals surface area (Å²) >= 11 is 1.86. The minimum absolute atomic E-state index is 0.149. The van der Waals surface area contributed by atoms with Gasteiger partial charge in [0.1, 0.15) is 0 Å². The van der Waals surface area contributed by atoms with E-state index in [0.717, 1.165) is 0 Å². The van der Waals surface area contributed by atoms with Crippen molar-refractivity contribution in [1.82, 2.24) is 4.57 Å². The number of rotatable bonds is 4. The molecule has 198 valence electrons. The van der Waals surface area contributed by atoms with Gasteiger partial charge in [-0.3, -0.25) is 0 Å². The number of para-hydroxylation sites is 2. The second-order valence-electron chi connectivity index (χ2n) is 11.3. The van der Waals surface area contributed by atoms with E-state index in [1.807, 2.05) is 23.5 Å². The zero-order valence-electron chi connectivity index (χ0n) is 23.2. The third kappa shape index (κ3) is 3.42. The van der Waals surface area contributed by atoms with E-state index in [-0.39, 0.29) is 11.5 Å². The Bertz CT molecular complexity index is 2060. The van der Waals surface area contributed by atoms with Crippen molar-refractivity contribution in [1.29, 1.82) is 0 Å². The molecule has 2 nitrogen and oxygen atoms in total. The zero-order valence-corrected chi connectivity index (χ0v) is 24.0. The molecular formula is C38H30N2S. The van der Waals surface area contributed by atoms with Crippen molar-refractivity contribution >= 4 is 60.7 Å². The Balaban J connectivity index is 1.34. The van der Waals surface area contributed by atoms with E-state index in [4.69, 9.17) is 0 Å². The Hall–Kier alpha value is -4.60. The minimum Gasteiger partial charge on any atom is -0.333 e. The van der Waals surface area contributed by atoms with Crippen molar-refractivity contribution in [2.24, 2.45) is 0 Å². The van der Waals surface area contributed by atoms with Gasteiger partial charge < -0.3 is 9.47 Å². The molecule has 0 bridgehead atoms. The Morgan fingerprint density at radius 1 is 0.829 bits per heavy atom. The second-order valence-corrected chi connectivity index (χ2v) is 12.5. The van der Waals surface area contributed by atoms with Gasteiger partial charge in [-0.25, -0.2) is 0 Å². The standard InChI is InChI=1S/C38H30N2S/c1-4-5-12-28-25(2)41-36-21-19-26(23-31(28)36)40-35-20-18-27(24-32(35)38(3)22-11-10-17-37(38)40)39-33-15-8-6-13-29(33)30-14-7-9-16-34(30)39/h4-24,37H,1H2,2-3H3/b12-5-. The van der Waals surface area contributed by atoms with Crippen LogP contribution in [0.1, 0.15) is 22.9 Å². The summed E-state index contributed by atoms with van der Waals surface area (Å²) in [6.07, 6.45) is 15.2. The zero-order chi connectivity index (χ0) is 27.7. The Morgan fingerprint density at radius 2 is 1.56 bits per heavy atom. The van der Waals surface area contributed by atoms with Crippen LogP contribution in [-0.4, -0.2) is 10.6 Å². The van der Waals surface area contributed by atoms with Crippen LogP contribution < -0.4 is 4.90 Å². The SMILES string of the molecule is C=C/C=C\c1c(C)sc2ccc(N3c4ccc(-n5c6ccccc6c6ccccc65)cc4C4(C)C=CC=CC34)cc12. The van der Waals surface area contributed by atoms with E-state index in [1.165, 1.54) is 65.0 Å². The van der Waals surface area contributed by atoms with Gasteiger partial charge in [-0.15, -0.1) is 11.3 Å². The first kappa shape index (κ1) is 24.2. The number of hydrogen-bond acceptors (Lipinski definition) is 2. The van der Waals surface area contributed by atoms with Crippen molar-refractivity contribution in [2.45, 2.75) is 25.3 Å². The maximum atomic E-state index is 3.88. The van der Waals surface area contributed by atoms with E-state index < -0.39 is 0 Å². The lowest BCUT2D eigenvalue weighted by Gasteiger charge is -2.34. The highest BCUT2D eigenvalue weighted by Gasteiger charge is 2.46. The fourth-order valence-corrected chi connectivity index (χ4v) is 8.06. The molecule has 0 amide bonds. The fourth-order valence-electron chi connectivity index (χ4n) is 7.03. The highest BCUT2D eigenvalue weighted by Crippen LogP contribution is 2.52. The van der Waals surface area contributed by atoms with E-state index >= 15 is 0 Å². The molecule has 41 heavy (non-hydrogen) atoms. The first-order valence-electron chi connectivity index (χ1n) is 14.2. The third-order valence-corrected chi connectivity index (χ3v) is 10.1. The lowest BCUT2D eigenvalue weighted by atomic mass is 9.76. The summed E-state index contributed by atoms with van der Waals surface area (Å²) in [4.78, 5) is 3.87. The molecule has 0 saturated carbocycles. The summed E-state index contributed by atoms with van der Waals surface area (Å²) in [7, 11) is 0. The van der Waals surface area contributed by atoms with Crippen molar-refractivity contribution < 1.29 is 0 Å². The lowest BCUT2D eigenvalue weighted by molar-refractivity contribution is 0.550. The summed E-state index contributed by atoms with van der Waals surface area (Å²) in [5, 5.41) is 3.88. The van der Waals surface area contributed by atoms with Crippen molar-refractivity contribution in [2.75, 3.05) is 4.90 Å². The molecule has 2 aromatic heterocycles. The van der Waals surface area contributed by atoms with Crippen LogP contribution in [0, 0.1) is 6.92 Å². The molecule has 2 atom stereocenters. The van der Waals surface area contributed by atoms with E-state index in [9.17, 15) is 0 Å². The number of benzene rings is 4. The molecule has 0 saturated heterocycles. The average Bonchev–Trinajstić information content (AvgIpc) is 3.60. The van der Waals surface area contributed by atoms with Gasteiger partial charge in [0, 0.05) is 48.2 Å². The number of nitrogens with zero attached hydrogens (tertiary/aromatic N) is 2. The predicted octanol–water partition coefficient (Wildman–Crippen LogP) is 10.4. The molecular weight excluding hydrogens is 516 g/mol. The van der Waals surface area contributed by atoms with Gasteiger partial charge in [-0.1, -0.05) is 85.5 Å². The number of hydrogen-bond donors (Lipinski definition) is 0. The smallest absolute Gasteiger partial charge is 0.0655 e. The van der Waals surface area contributed by atoms with Crippen LogP contribution in [0.5, 0.6) is 0 Å². The number of fused-ring (bicyclic) bond motifs is 7. The quantitative estimate of drug-likeness (QED) is 0.200. The van der Waals surface area contributed by atoms with E-state index in [0.29, 0.717) is 0 Å². The third-order valence-electron chi connectivity index (χ3n) is 8.97. The Labute approximate surface area is 244 Å². The van der Waals surface area contributed by atoms with Gasteiger partial charge in [0.2, 0.25) is 0 Å². The first-order chi connectivity index (χ1) is 20.1. The molecule has 3 heteroatoms. The van der Waals surface area contributed by atoms with E-state index in [2.05, 4.69) is 145 Å². The summed E-state index contributed by atoms with van der Waals surface area (Å²) < 4.78 is 3.74. The first-order valence-corrected chi connectivity index (χ1v) is 15.0. The molecule has 0 N–H and O–H groups in total. The van der Waals surface area contributed by atoms with Gasteiger partial charge in [-0.2, -0.15) is 0 Å². The Morgan fingerprint density at radius 3 is 2.32 bits per heavy atom. The van der Waals surface area contributed by atoms with Crippen LogP contribution in [-0.2, 0) is 5.41 Å². The minimum atomic E-state index is -0.149. The van der Waals surface area contributed by atoms with E-state index in [1.54, 1.807) is 0 Å². The maximum absolute atomic E-state index is 3.88. The number of aryl methyl sites for hydroxylation is 1. The van der Waals surface area contributed by atoms with Crippen molar-refractivity contribution in [3.8, 4) is 5.69 Å². The normalized spacial score (nSPS) is 19.6. The van der Waals surface area contributed by atoms with Crippen molar-refractivity contribution in [3.63, 3.8) is 0 Å². The molecule has 2 aliphatic rings. The highest BCUT2D eigenvalue weighted by atomic mass is 32.1. The molecule has 0 spiro atoms. The molecule has 1 aliphatic carbocycles. The van der Waals surface area contributed by atoms with Crippen LogP contribution >= 0.6 is 11.3 Å². The molecule has 3 heterocycles. The predicted molar refractivity (Wildman–Crippen MR) is 178 cm³/mol. The maximum Gasteiger partial charge on any atom is 0.0655 e. The van der Waals surface area contributed by atoms with Gasteiger partial charge >= 0.3 is 0 Å². The molecule has 8 rings (SSSR count). The summed E-state index contributed by atoms with van der Waals surface area (Å²) in [6, 6.07) is 31.7. The molecule has 4 aromatic carbocycles. The molecule has 0 radical (unpaired) electrons. The van der Waals surface area contributed by atoms with Crippen LogP contribution in [0.15, 0.2) is 128 Å². The van der Waals surface area contributed by atoms with Crippen molar-refractivity contribution in [3.05, 3.63) is 144 Å². The topological polar surface area (TPSA) is 8.17 Å². The molecule has 0 fully saturated rings.